The summed E-state index contributed by atoms with van der Waals surface area (Å²) in [5.74, 6) is -0.0170. The predicted molar refractivity (Wildman–Crippen MR) is 92.0 cm³/mol. The molecule has 1 aliphatic heterocycles. The molecular formula is C19H27NO4. The Labute approximate surface area is 143 Å². The zero-order chi connectivity index (χ0) is 17.7. The van der Waals surface area contributed by atoms with Crippen LogP contribution >= 0.6 is 0 Å². The topological polar surface area (TPSA) is 66.8 Å². The van der Waals surface area contributed by atoms with Crippen molar-refractivity contribution in [3.8, 4) is 5.75 Å². The Morgan fingerprint density at radius 2 is 1.96 bits per heavy atom. The first-order valence-electron chi connectivity index (χ1n) is 8.62. The molecule has 5 nitrogen and oxygen atoms in total. The van der Waals surface area contributed by atoms with Gasteiger partial charge in [-0.1, -0.05) is 26.0 Å². The van der Waals surface area contributed by atoms with E-state index in [0.29, 0.717) is 31.9 Å². The number of amides is 1. The Kier molecular flexibility index (Phi) is 6.23. The highest BCUT2D eigenvalue weighted by Crippen LogP contribution is 2.24. The highest BCUT2D eigenvalue weighted by Gasteiger charge is 2.35. The summed E-state index contributed by atoms with van der Waals surface area (Å²) in [6, 6.07) is 7.31. The number of likely N-dealkylation sites (tertiary alicyclic amines) is 1. The highest BCUT2D eigenvalue weighted by molar-refractivity contribution is 5.80. The van der Waals surface area contributed by atoms with Gasteiger partial charge in [0.15, 0.2) is 0 Å². The van der Waals surface area contributed by atoms with Gasteiger partial charge in [-0.2, -0.15) is 0 Å². The van der Waals surface area contributed by atoms with Crippen molar-refractivity contribution in [2.45, 2.75) is 46.1 Å². The number of nitrogens with zero attached hydrogens (tertiary/aromatic N) is 1. The van der Waals surface area contributed by atoms with Gasteiger partial charge in [-0.3, -0.25) is 9.59 Å². The molecule has 1 aliphatic rings. The minimum Gasteiger partial charge on any atom is -0.493 e. The molecule has 24 heavy (non-hydrogen) atoms. The van der Waals surface area contributed by atoms with E-state index in [2.05, 4.69) is 13.8 Å². The molecule has 1 amide bonds. The third-order valence-electron chi connectivity index (χ3n) is 4.49. The maximum absolute atomic E-state index is 12.5. The van der Waals surface area contributed by atoms with Gasteiger partial charge in [0.2, 0.25) is 5.91 Å². The highest BCUT2D eigenvalue weighted by atomic mass is 16.5. The molecule has 1 aromatic carbocycles. The third-order valence-corrected chi connectivity index (χ3v) is 4.49. The lowest BCUT2D eigenvalue weighted by atomic mass is 9.90. The quantitative estimate of drug-likeness (QED) is 0.869. The first-order valence-corrected chi connectivity index (χ1v) is 8.62. The fourth-order valence-corrected chi connectivity index (χ4v) is 3.07. The molecule has 0 spiro atoms. The van der Waals surface area contributed by atoms with E-state index in [9.17, 15) is 14.7 Å². The second-order valence-electron chi connectivity index (χ2n) is 6.94. The van der Waals surface area contributed by atoms with Crippen molar-refractivity contribution in [3.63, 3.8) is 0 Å². The van der Waals surface area contributed by atoms with E-state index >= 15 is 0 Å². The van der Waals surface area contributed by atoms with Gasteiger partial charge in [0.1, 0.15) is 5.75 Å². The van der Waals surface area contributed by atoms with Crippen LogP contribution in [0.25, 0.3) is 0 Å². The largest absolute Gasteiger partial charge is 0.493 e. The molecule has 2 atom stereocenters. The third kappa shape index (κ3) is 4.73. The molecule has 1 N–H and O–H groups in total. The summed E-state index contributed by atoms with van der Waals surface area (Å²) < 4.78 is 5.64. The van der Waals surface area contributed by atoms with Crippen molar-refractivity contribution in [2.24, 2.45) is 11.8 Å². The molecule has 5 heteroatoms. The fourth-order valence-electron chi connectivity index (χ4n) is 3.07. The summed E-state index contributed by atoms with van der Waals surface area (Å²) in [6.45, 7) is 7.33. The van der Waals surface area contributed by atoms with Crippen LogP contribution in [0.15, 0.2) is 24.3 Å². The van der Waals surface area contributed by atoms with Crippen LogP contribution in [0.2, 0.25) is 0 Å². The molecule has 0 bridgehead atoms. The van der Waals surface area contributed by atoms with Crippen molar-refractivity contribution in [2.75, 3.05) is 13.2 Å². The fraction of sp³-hybridized carbons (Fsp3) is 0.579. The van der Waals surface area contributed by atoms with Crippen molar-refractivity contribution >= 4 is 11.9 Å². The van der Waals surface area contributed by atoms with E-state index in [-0.39, 0.29) is 11.9 Å². The number of carboxylic acid groups (broad SMARTS) is 1. The smallest absolute Gasteiger partial charge is 0.308 e. The number of carbonyl (C=O) groups is 2. The minimum absolute atomic E-state index is 0.00991. The van der Waals surface area contributed by atoms with Crippen LogP contribution in [0.3, 0.4) is 0 Å². The van der Waals surface area contributed by atoms with Crippen LogP contribution in [0, 0.1) is 11.8 Å². The molecular weight excluding hydrogens is 306 g/mol. The van der Waals surface area contributed by atoms with Gasteiger partial charge < -0.3 is 14.7 Å². The van der Waals surface area contributed by atoms with Crippen LogP contribution in [-0.4, -0.2) is 41.1 Å². The van der Waals surface area contributed by atoms with Gasteiger partial charge >= 0.3 is 5.97 Å². The van der Waals surface area contributed by atoms with Crippen molar-refractivity contribution in [1.82, 2.24) is 4.90 Å². The average molecular weight is 333 g/mol. The molecule has 1 aromatic rings. The van der Waals surface area contributed by atoms with Crippen molar-refractivity contribution in [1.29, 1.82) is 0 Å². The summed E-state index contributed by atoms with van der Waals surface area (Å²) in [7, 11) is 0. The molecule has 1 saturated heterocycles. The Balaban J connectivity index is 1.95. The molecule has 0 saturated carbocycles. The number of aliphatic carboxylic acids is 1. The van der Waals surface area contributed by atoms with Crippen LogP contribution < -0.4 is 4.74 Å². The number of hydrogen-bond acceptors (Lipinski definition) is 3. The van der Waals surface area contributed by atoms with Gasteiger partial charge in [-0.15, -0.1) is 0 Å². The number of ether oxygens (including phenoxy) is 1. The Hall–Kier alpha value is -2.04. The lowest BCUT2D eigenvalue weighted by Crippen LogP contribution is -2.49. The predicted octanol–water partition coefficient (Wildman–Crippen LogP) is 2.98. The first kappa shape index (κ1) is 18.3. The normalized spacial score (nSPS) is 20.9. The first-order chi connectivity index (χ1) is 11.4. The van der Waals surface area contributed by atoms with Crippen LogP contribution in [0.5, 0.6) is 5.75 Å². The lowest BCUT2D eigenvalue weighted by molar-refractivity contribution is -0.148. The van der Waals surface area contributed by atoms with Crippen LogP contribution in [0.4, 0.5) is 0 Å². The molecule has 132 valence electrons. The number of rotatable bonds is 6. The van der Waals surface area contributed by atoms with Crippen molar-refractivity contribution < 1.29 is 19.4 Å². The second-order valence-corrected chi connectivity index (χ2v) is 6.94. The standard InChI is InChI=1S/C19H27NO4/c1-13(2)12-24-16-8-6-15(7-9-16)11-18(21)20-10-4-5-17(14(20)3)19(22)23/h6-9,13-14,17H,4-5,10-12H2,1-3H3,(H,22,23)/t14-,17-/m0/s1. The summed E-state index contributed by atoms with van der Waals surface area (Å²) in [5, 5.41) is 9.27. The number of hydrogen-bond donors (Lipinski definition) is 1. The van der Waals surface area contributed by atoms with E-state index < -0.39 is 11.9 Å². The van der Waals surface area contributed by atoms with Gasteiger partial charge in [0, 0.05) is 12.6 Å². The van der Waals surface area contributed by atoms with Crippen molar-refractivity contribution in [3.05, 3.63) is 29.8 Å². The number of piperidine rings is 1. The van der Waals surface area contributed by atoms with E-state index in [1.54, 1.807) is 4.90 Å². The molecule has 0 radical (unpaired) electrons. The Morgan fingerprint density at radius 3 is 2.54 bits per heavy atom. The second kappa shape index (κ2) is 8.18. The summed E-state index contributed by atoms with van der Waals surface area (Å²) >= 11 is 0. The van der Waals surface area contributed by atoms with E-state index in [1.165, 1.54) is 0 Å². The number of carbonyl (C=O) groups excluding carboxylic acids is 1. The van der Waals surface area contributed by atoms with Crippen LogP contribution in [-0.2, 0) is 16.0 Å². The number of benzene rings is 1. The summed E-state index contributed by atoms with van der Waals surface area (Å²) in [5.41, 5.74) is 0.918. The monoisotopic (exact) mass is 333 g/mol. The molecule has 0 aliphatic carbocycles. The van der Waals surface area contributed by atoms with E-state index in [4.69, 9.17) is 4.74 Å². The lowest BCUT2D eigenvalue weighted by Gasteiger charge is -2.37. The average Bonchev–Trinajstić information content (AvgIpc) is 2.54. The van der Waals surface area contributed by atoms with Gasteiger partial charge in [-0.05, 0) is 43.4 Å². The maximum atomic E-state index is 12.5. The summed E-state index contributed by atoms with van der Waals surface area (Å²) in [6.07, 6.45) is 1.68. The molecule has 0 unspecified atom stereocenters. The molecule has 1 fully saturated rings. The van der Waals surface area contributed by atoms with E-state index in [1.807, 2.05) is 31.2 Å². The number of carboxylic acids is 1. The molecule has 2 rings (SSSR count). The SMILES string of the molecule is CC(C)COc1ccc(CC(=O)N2CCC[C@H](C(=O)O)[C@@H]2C)cc1. The van der Waals surface area contributed by atoms with Crippen LogP contribution in [0.1, 0.15) is 39.2 Å². The summed E-state index contributed by atoms with van der Waals surface area (Å²) in [4.78, 5) is 25.5. The van der Waals surface area contributed by atoms with E-state index in [0.717, 1.165) is 17.7 Å². The maximum Gasteiger partial charge on any atom is 0.308 e. The molecule has 0 aromatic heterocycles. The minimum atomic E-state index is -0.813. The van der Waals surface area contributed by atoms with Gasteiger partial charge in [0.05, 0.1) is 18.9 Å². The zero-order valence-corrected chi connectivity index (χ0v) is 14.7. The Morgan fingerprint density at radius 1 is 1.29 bits per heavy atom. The van der Waals surface area contributed by atoms with Gasteiger partial charge in [-0.25, -0.2) is 0 Å². The Bertz CT molecular complexity index is 567. The zero-order valence-electron chi connectivity index (χ0n) is 14.7. The van der Waals surface area contributed by atoms with Gasteiger partial charge in [0.25, 0.3) is 0 Å². The molecule has 1 heterocycles.